The molecular formula is C23H24N4O2S2. The standard InChI is InChI=1S/C23H24N4O2S2/c1-4-26-20(25-12-11-16-9-7-6-8-10-16)17(15(3)18(14-24)21(26)28)13-19-22(29)27(5-2)23(30)31-19/h6-10,13,25H,4-5,11-12H2,1-3H3/b19-13+. The Kier molecular flexibility index (Phi) is 7.31. The molecule has 2 heterocycles. The van der Waals surface area contributed by atoms with E-state index in [-0.39, 0.29) is 17.0 Å². The zero-order chi connectivity index (χ0) is 22.5. The number of carbonyl (C=O) groups is 1. The summed E-state index contributed by atoms with van der Waals surface area (Å²) >= 11 is 6.56. The molecule has 31 heavy (non-hydrogen) atoms. The second-order valence-electron chi connectivity index (χ2n) is 7.01. The summed E-state index contributed by atoms with van der Waals surface area (Å²) in [7, 11) is 0. The van der Waals surface area contributed by atoms with Crippen molar-refractivity contribution in [1.29, 1.82) is 5.26 Å². The molecule has 0 atom stereocenters. The number of nitriles is 1. The van der Waals surface area contributed by atoms with Gasteiger partial charge in [-0.1, -0.05) is 54.3 Å². The number of anilines is 1. The fraction of sp³-hybridized carbons (Fsp3) is 0.304. The molecule has 1 saturated heterocycles. The second-order valence-corrected chi connectivity index (χ2v) is 8.69. The Labute approximate surface area is 191 Å². The molecule has 1 aliphatic heterocycles. The zero-order valence-electron chi connectivity index (χ0n) is 17.8. The van der Waals surface area contributed by atoms with Crippen molar-refractivity contribution < 1.29 is 4.79 Å². The van der Waals surface area contributed by atoms with Gasteiger partial charge in [-0.2, -0.15) is 5.26 Å². The van der Waals surface area contributed by atoms with Crippen molar-refractivity contribution in [1.82, 2.24) is 9.47 Å². The van der Waals surface area contributed by atoms with Crippen LogP contribution in [0, 0.1) is 18.3 Å². The molecule has 1 aromatic carbocycles. The molecule has 160 valence electrons. The number of amides is 1. The number of carbonyl (C=O) groups excluding carboxylic acids is 1. The Balaban J connectivity index is 2.07. The van der Waals surface area contributed by atoms with E-state index in [1.807, 2.05) is 38.1 Å². The van der Waals surface area contributed by atoms with Crippen molar-refractivity contribution >= 4 is 46.1 Å². The molecule has 1 aliphatic rings. The first-order chi connectivity index (χ1) is 14.9. The van der Waals surface area contributed by atoms with Gasteiger partial charge in [-0.25, -0.2) is 0 Å². The summed E-state index contributed by atoms with van der Waals surface area (Å²) in [6.07, 6.45) is 2.52. The predicted octanol–water partition coefficient (Wildman–Crippen LogP) is 3.92. The van der Waals surface area contributed by atoms with Gasteiger partial charge in [0.15, 0.2) is 0 Å². The third-order valence-electron chi connectivity index (χ3n) is 5.21. The Morgan fingerprint density at radius 2 is 1.90 bits per heavy atom. The molecule has 0 bridgehead atoms. The van der Waals surface area contributed by atoms with E-state index in [9.17, 15) is 14.9 Å². The van der Waals surface area contributed by atoms with Gasteiger partial charge in [0.25, 0.3) is 11.5 Å². The molecule has 1 amide bonds. The summed E-state index contributed by atoms with van der Waals surface area (Å²) in [5.41, 5.74) is 2.16. The van der Waals surface area contributed by atoms with Crippen LogP contribution in [0.25, 0.3) is 6.08 Å². The van der Waals surface area contributed by atoms with E-state index < -0.39 is 0 Å². The van der Waals surface area contributed by atoms with Gasteiger partial charge >= 0.3 is 0 Å². The fourth-order valence-corrected chi connectivity index (χ4v) is 4.89. The zero-order valence-corrected chi connectivity index (χ0v) is 19.4. The number of rotatable bonds is 7. The SMILES string of the molecule is CCN1C(=O)/C(=C\c2c(C)c(C#N)c(=O)n(CC)c2NCCc2ccccc2)SC1=S. The van der Waals surface area contributed by atoms with Gasteiger partial charge in [-0.3, -0.25) is 19.1 Å². The summed E-state index contributed by atoms with van der Waals surface area (Å²) < 4.78 is 2.07. The molecule has 8 heteroatoms. The number of nitrogens with one attached hydrogen (secondary N) is 1. The maximum atomic E-state index is 12.9. The Morgan fingerprint density at radius 1 is 1.19 bits per heavy atom. The summed E-state index contributed by atoms with van der Waals surface area (Å²) in [6.45, 7) is 6.99. The van der Waals surface area contributed by atoms with Crippen molar-refractivity contribution in [3.63, 3.8) is 0 Å². The lowest BCUT2D eigenvalue weighted by atomic mass is 10.0. The average molecular weight is 453 g/mol. The van der Waals surface area contributed by atoms with Gasteiger partial charge in [0.2, 0.25) is 0 Å². The minimum absolute atomic E-state index is 0.0904. The topological polar surface area (TPSA) is 78.1 Å². The van der Waals surface area contributed by atoms with Crippen LogP contribution in [0.2, 0.25) is 0 Å². The van der Waals surface area contributed by atoms with E-state index in [1.165, 1.54) is 17.3 Å². The van der Waals surface area contributed by atoms with E-state index in [0.717, 1.165) is 6.42 Å². The smallest absolute Gasteiger partial charge is 0.270 e. The molecule has 1 N–H and O–H groups in total. The molecule has 0 aliphatic carbocycles. The Hall–Kier alpha value is -2.89. The number of hydrogen-bond acceptors (Lipinski definition) is 6. The van der Waals surface area contributed by atoms with Crippen LogP contribution in [0.3, 0.4) is 0 Å². The van der Waals surface area contributed by atoms with Crippen molar-refractivity contribution in [3.8, 4) is 6.07 Å². The number of hydrogen-bond donors (Lipinski definition) is 1. The normalized spacial score (nSPS) is 14.9. The molecule has 1 aromatic heterocycles. The first kappa shape index (κ1) is 22.8. The number of aromatic nitrogens is 1. The van der Waals surface area contributed by atoms with Crippen LogP contribution >= 0.6 is 24.0 Å². The highest BCUT2D eigenvalue weighted by atomic mass is 32.2. The third-order valence-corrected chi connectivity index (χ3v) is 6.58. The number of likely N-dealkylation sites (N-methyl/N-ethyl adjacent to an activating group) is 1. The highest BCUT2D eigenvalue weighted by Crippen LogP contribution is 2.34. The molecule has 2 aromatic rings. The predicted molar refractivity (Wildman–Crippen MR) is 130 cm³/mol. The lowest BCUT2D eigenvalue weighted by molar-refractivity contribution is -0.121. The fourth-order valence-electron chi connectivity index (χ4n) is 3.53. The highest BCUT2D eigenvalue weighted by Gasteiger charge is 2.31. The number of benzene rings is 1. The molecule has 0 spiro atoms. The quantitative estimate of drug-likeness (QED) is 0.507. The molecule has 1 fully saturated rings. The summed E-state index contributed by atoms with van der Waals surface area (Å²) in [5.74, 6) is 0.460. The summed E-state index contributed by atoms with van der Waals surface area (Å²) in [4.78, 5) is 27.7. The van der Waals surface area contributed by atoms with Crippen LogP contribution in [-0.4, -0.2) is 32.8 Å². The highest BCUT2D eigenvalue weighted by molar-refractivity contribution is 8.26. The van der Waals surface area contributed by atoms with Crippen LogP contribution in [0.5, 0.6) is 0 Å². The minimum Gasteiger partial charge on any atom is -0.371 e. The van der Waals surface area contributed by atoms with Crippen LogP contribution < -0.4 is 10.9 Å². The lowest BCUT2D eigenvalue weighted by Crippen LogP contribution is -2.28. The molecule has 0 radical (unpaired) electrons. The summed E-state index contributed by atoms with van der Waals surface area (Å²) in [6, 6.07) is 12.1. The number of thioether (sulfide) groups is 1. The first-order valence-electron chi connectivity index (χ1n) is 10.1. The molecule has 3 rings (SSSR count). The van der Waals surface area contributed by atoms with E-state index >= 15 is 0 Å². The van der Waals surface area contributed by atoms with Crippen molar-refractivity contribution in [2.45, 2.75) is 33.7 Å². The molecule has 6 nitrogen and oxygen atoms in total. The van der Waals surface area contributed by atoms with Crippen LogP contribution in [0.1, 0.15) is 36.1 Å². The Morgan fingerprint density at radius 3 is 2.48 bits per heavy atom. The third kappa shape index (κ3) is 4.58. The van der Waals surface area contributed by atoms with Gasteiger partial charge in [0.05, 0.1) is 4.91 Å². The summed E-state index contributed by atoms with van der Waals surface area (Å²) in [5, 5.41) is 13.0. The van der Waals surface area contributed by atoms with Crippen molar-refractivity contribution in [3.05, 3.63) is 67.8 Å². The van der Waals surface area contributed by atoms with E-state index in [0.29, 0.717) is 45.8 Å². The molecule has 0 unspecified atom stereocenters. The van der Waals surface area contributed by atoms with Gasteiger partial charge in [-0.15, -0.1) is 0 Å². The largest absolute Gasteiger partial charge is 0.371 e. The number of pyridine rings is 1. The van der Waals surface area contributed by atoms with Gasteiger partial charge < -0.3 is 5.32 Å². The maximum Gasteiger partial charge on any atom is 0.270 e. The van der Waals surface area contributed by atoms with Crippen molar-refractivity contribution in [2.75, 3.05) is 18.4 Å². The van der Waals surface area contributed by atoms with E-state index in [4.69, 9.17) is 12.2 Å². The van der Waals surface area contributed by atoms with Gasteiger partial charge in [-0.05, 0) is 44.4 Å². The number of thiocarbonyl (C=S) groups is 1. The van der Waals surface area contributed by atoms with Crippen LogP contribution in [0.4, 0.5) is 5.82 Å². The average Bonchev–Trinajstić information content (AvgIpc) is 3.04. The maximum absolute atomic E-state index is 12.9. The first-order valence-corrected chi connectivity index (χ1v) is 11.4. The van der Waals surface area contributed by atoms with Crippen molar-refractivity contribution in [2.24, 2.45) is 0 Å². The molecule has 0 saturated carbocycles. The van der Waals surface area contributed by atoms with E-state index in [2.05, 4.69) is 17.4 Å². The van der Waals surface area contributed by atoms with E-state index in [1.54, 1.807) is 22.5 Å². The van der Waals surface area contributed by atoms with Crippen LogP contribution in [-0.2, 0) is 17.8 Å². The van der Waals surface area contributed by atoms with Crippen LogP contribution in [0.15, 0.2) is 40.0 Å². The van der Waals surface area contributed by atoms with Gasteiger partial charge in [0.1, 0.15) is 21.8 Å². The number of nitrogens with zero attached hydrogens (tertiary/aromatic N) is 3. The second kappa shape index (κ2) is 9.94. The Bertz CT molecular complexity index is 1150. The lowest BCUT2D eigenvalue weighted by Gasteiger charge is -2.19. The minimum atomic E-state index is -0.331. The monoisotopic (exact) mass is 452 g/mol. The molecular weight excluding hydrogens is 428 g/mol. The van der Waals surface area contributed by atoms with Gasteiger partial charge in [0, 0.05) is 25.2 Å².